The van der Waals surface area contributed by atoms with Crippen LogP contribution in [0.4, 0.5) is 0 Å². The molecular formula is C13H26N2O2. The summed E-state index contributed by atoms with van der Waals surface area (Å²) in [5.41, 5.74) is 6.00. The lowest BCUT2D eigenvalue weighted by Gasteiger charge is -2.23. The van der Waals surface area contributed by atoms with Crippen molar-refractivity contribution >= 4 is 5.91 Å². The molecular weight excluding hydrogens is 216 g/mol. The minimum absolute atomic E-state index is 0.226. The van der Waals surface area contributed by atoms with E-state index in [1.165, 1.54) is 6.42 Å². The second kappa shape index (κ2) is 7.67. The van der Waals surface area contributed by atoms with E-state index in [1.54, 1.807) is 0 Å². The first-order chi connectivity index (χ1) is 8.19. The van der Waals surface area contributed by atoms with Gasteiger partial charge in [0.15, 0.2) is 0 Å². The summed E-state index contributed by atoms with van der Waals surface area (Å²) < 4.78 is 5.29. The summed E-state index contributed by atoms with van der Waals surface area (Å²) in [6.45, 7) is 6.78. The Balaban J connectivity index is 2.32. The highest BCUT2D eigenvalue weighted by atomic mass is 16.5. The SMILES string of the molecule is CCOCCN(CC)C(=O)C[C@@H]1CCC[C@H]1N. The first-order valence-electron chi connectivity index (χ1n) is 6.80. The highest BCUT2D eigenvalue weighted by molar-refractivity contribution is 5.76. The fraction of sp³-hybridized carbons (Fsp3) is 0.923. The summed E-state index contributed by atoms with van der Waals surface area (Å²) in [7, 11) is 0. The van der Waals surface area contributed by atoms with Crippen LogP contribution < -0.4 is 5.73 Å². The molecule has 1 amide bonds. The lowest BCUT2D eigenvalue weighted by Crippen LogP contribution is -2.37. The van der Waals surface area contributed by atoms with Gasteiger partial charge in [-0.1, -0.05) is 6.42 Å². The molecule has 0 aromatic heterocycles. The van der Waals surface area contributed by atoms with Gasteiger partial charge in [0.05, 0.1) is 6.61 Å². The van der Waals surface area contributed by atoms with Gasteiger partial charge in [-0.15, -0.1) is 0 Å². The summed E-state index contributed by atoms with van der Waals surface area (Å²) in [5, 5.41) is 0. The van der Waals surface area contributed by atoms with Crippen molar-refractivity contribution in [2.75, 3.05) is 26.3 Å². The van der Waals surface area contributed by atoms with E-state index in [0.29, 0.717) is 32.1 Å². The van der Waals surface area contributed by atoms with E-state index in [0.717, 1.165) is 19.4 Å². The van der Waals surface area contributed by atoms with Gasteiger partial charge in [-0.25, -0.2) is 0 Å². The van der Waals surface area contributed by atoms with E-state index >= 15 is 0 Å². The maximum Gasteiger partial charge on any atom is 0.222 e. The van der Waals surface area contributed by atoms with Gasteiger partial charge in [0, 0.05) is 32.2 Å². The Morgan fingerprint density at radius 3 is 2.71 bits per heavy atom. The molecule has 1 aliphatic rings. The van der Waals surface area contributed by atoms with Crippen molar-refractivity contribution in [3.05, 3.63) is 0 Å². The zero-order chi connectivity index (χ0) is 12.7. The van der Waals surface area contributed by atoms with Crippen LogP contribution in [0.15, 0.2) is 0 Å². The molecule has 1 aliphatic carbocycles. The predicted octanol–water partition coefficient (Wildman–Crippen LogP) is 1.39. The summed E-state index contributed by atoms with van der Waals surface area (Å²) in [6, 6.07) is 0.226. The van der Waals surface area contributed by atoms with Gasteiger partial charge in [0.1, 0.15) is 0 Å². The number of nitrogens with two attached hydrogens (primary N) is 1. The molecule has 0 aliphatic heterocycles. The molecule has 1 fully saturated rings. The number of nitrogens with zero attached hydrogens (tertiary/aromatic N) is 1. The lowest BCUT2D eigenvalue weighted by atomic mass is 9.99. The van der Waals surface area contributed by atoms with Crippen molar-refractivity contribution in [3.8, 4) is 0 Å². The highest BCUT2D eigenvalue weighted by Crippen LogP contribution is 2.27. The number of rotatable bonds is 7. The van der Waals surface area contributed by atoms with Crippen LogP contribution in [0.5, 0.6) is 0 Å². The third kappa shape index (κ3) is 4.64. The standard InChI is InChI=1S/C13H26N2O2/c1-3-15(8-9-17-4-2)13(16)10-11-6-5-7-12(11)14/h11-12H,3-10,14H2,1-2H3/t11-,12+/m0/s1. The van der Waals surface area contributed by atoms with Crippen LogP contribution in [-0.2, 0) is 9.53 Å². The van der Waals surface area contributed by atoms with Crippen molar-refractivity contribution in [1.29, 1.82) is 0 Å². The van der Waals surface area contributed by atoms with Crippen molar-refractivity contribution in [1.82, 2.24) is 4.90 Å². The zero-order valence-electron chi connectivity index (χ0n) is 11.2. The maximum absolute atomic E-state index is 12.1. The number of carbonyl (C=O) groups is 1. The summed E-state index contributed by atoms with van der Waals surface area (Å²) >= 11 is 0. The molecule has 0 aromatic rings. The molecule has 4 heteroatoms. The second-order valence-corrected chi connectivity index (χ2v) is 4.73. The monoisotopic (exact) mass is 242 g/mol. The lowest BCUT2D eigenvalue weighted by molar-refractivity contribution is -0.132. The van der Waals surface area contributed by atoms with Gasteiger partial charge >= 0.3 is 0 Å². The molecule has 100 valence electrons. The van der Waals surface area contributed by atoms with Gasteiger partial charge in [0.2, 0.25) is 5.91 Å². The van der Waals surface area contributed by atoms with Crippen molar-refractivity contribution in [2.45, 2.75) is 45.6 Å². The summed E-state index contributed by atoms with van der Waals surface area (Å²) in [5.74, 6) is 0.623. The molecule has 0 heterocycles. The van der Waals surface area contributed by atoms with Crippen molar-refractivity contribution < 1.29 is 9.53 Å². The number of amides is 1. The molecule has 0 bridgehead atoms. The van der Waals surface area contributed by atoms with E-state index in [-0.39, 0.29) is 11.9 Å². The van der Waals surface area contributed by atoms with Crippen LogP contribution in [-0.4, -0.2) is 43.2 Å². The van der Waals surface area contributed by atoms with Gasteiger partial charge in [-0.3, -0.25) is 4.79 Å². The molecule has 0 saturated heterocycles. The van der Waals surface area contributed by atoms with E-state index in [2.05, 4.69) is 0 Å². The largest absolute Gasteiger partial charge is 0.380 e. The second-order valence-electron chi connectivity index (χ2n) is 4.73. The van der Waals surface area contributed by atoms with Gasteiger partial charge in [-0.05, 0) is 32.6 Å². The number of carbonyl (C=O) groups excluding carboxylic acids is 1. The molecule has 1 rings (SSSR count). The van der Waals surface area contributed by atoms with Crippen LogP contribution in [0.3, 0.4) is 0 Å². The fourth-order valence-corrected chi connectivity index (χ4v) is 2.45. The molecule has 1 saturated carbocycles. The van der Waals surface area contributed by atoms with Crippen LogP contribution in [0.25, 0.3) is 0 Å². The van der Waals surface area contributed by atoms with Gasteiger partial charge in [0.25, 0.3) is 0 Å². The van der Waals surface area contributed by atoms with Crippen molar-refractivity contribution in [2.24, 2.45) is 11.7 Å². The normalized spacial score (nSPS) is 23.9. The molecule has 0 unspecified atom stereocenters. The molecule has 4 nitrogen and oxygen atoms in total. The minimum atomic E-state index is 0.226. The molecule has 0 spiro atoms. The molecule has 2 atom stereocenters. The zero-order valence-corrected chi connectivity index (χ0v) is 11.2. The smallest absolute Gasteiger partial charge is 0.222 e. The van der Waals surface area contributed by atoms with E-state index in [1.807, 2.05) is 18.7 Å². The third-order valence-electron chi connectivity index (χ3n) is 3.60. The van der Waals surface area contributed by atoms with Crippen LogP contribution in [0.1, 0.15) is 39.5 Å². The Bertz CT molecular complexity index is 233. The summed E-state index contributed by atoms with van der Waals surface area (Å²) in [4.78, 5) is 14.0. The van der Waals surface area contributed by atoms with Crippen LogP contribution >= 0.6 is 0 Å². The number of hydrogen-bond donors (Lipinski definition) is 1. The number of likely N-dealkylation sites (N-methyl/N-ethyl adjacent to an activating group) is 1. The van der Waals surface area contributed by atoms with Crippen LogP contribution in [0.2, 0.25) is 0 Å². The molecule has 0 aromatic carbocycles. The van der Waals surface area contributed by atoms with Crippen molar-refractivity contribution in [3.63, 3.8) is 0 Å². The third-order valence-corrected chi connectivity index (χ3v) is 3.60. The molecule has 17 heavy (non-hydrogen) atoms. The first kappa shape index (κ1) is 14.5. The average molecular weight is 242 g/mol. The number of ether oxygens (including phenoxy) is 1. The molecule has 0 radical (unpaired) electrons. The highest BCUT2D eigenvalue weighted by Gasteiger charge is 2.27. The Morgan fingerprint density at radius 1 is 1.41 bits per heavy atom. The van der Waals surface area contributed by atoms with E-state index in [9.17, 15) is 4.79 Å². The van der Waals surface area contributed by atoms with Gasteiger partial charge < -0.3 is 15.4 Å². The first-order valence-corrected chi connectivity index (χ1v) is 6.80. The average Bonchev–Trinajstić information content (AvgIpc) is 2.70. The molecule has 2 N–H and O–H groups in total. The van der Waals surface area contributed by atoms with Crippen LogP contribution in [0, 0.1) is 5.92 Å². The van der Waals surface area contributed by atoms with E-state index < -0.39 is 0 Å². The van der Waals surface area contributed by atoms with Gasteiger partial charge in [-0.2, -0.15) is 0 Å². The predicted molar refractivity (Wildman–Crippen MR) is 68.7 cm³/mol. The minimum Gasteiger partial charge on any atom is -0.380 e. The Morgan fingerprint density at radius 2 is 2.18 bits per heavy atom. The maximum atomic E-state index is 12.1. The Kier molecular flexibility index (Phi) is 6.52. The number of hydrogen-bond acceptors (Lipinski definition) is 3. The van der Waals surface area contributed by atoms with E-state index in [4.69, 9.17) is 10.5 Å². The topological polar surface area (TPSA) is 55.6 Å². The Labute approximate surface area is 104 Å². The fourth-order valence-electron chi connectivity index (χ4n) is 2.45. The quantitative estimate of drug-likeness (QED) is 0.686. The summed E-state index contributed by atoms with van der Waals surface area (Å²) in [6.07, 6.45) is 3.96. The Hall–Kier alpha value is -0.610.